The molecule has 0 spiro atoms. The Bertz CT molecular complexity index is 352. The van der Waals surface area contributed by atoms with Crippen LogP contribution in [0.3, 0.4) is 0 Å². The number of carbonyl (C=O) groups excluding carboxylic acids is 1. The number of nitrogen functional groups attached to an aromatic ring is 1. The molecule has 1 aromatic heterocycles. The molecule has 82 valence electrons. The van der Waals surface area contributed by atoms with E-state index in [1.165, 1.54) is 0 Å². The Morgan fingerprint density at radius 2 is 2.53 bits per heavy atom. The Morgan fingerprint density at radius 3 is 3.07 bits per heavy atom. The number of anilines is 1. The van der Waals surface area contributed by atoms with Crippen molar-refractivity contribution in [3.05, 3.63) is 11.9 Å². The lowest BCUT2D eigenvalue weighted by Gasteiger charge is -2.05. The molecule has 5 heteroatoms. The van der Waals surface area contributed by atoms with Gasteiger partial charge in [-0.2, -0.15) is 5.10 Å². The van der Waals surface area contributed by atoms with Crippen LogP contribution in [0.1, 0.15) is 18.5 Å². The molecule has 1 aromatic rings. The van der Waals surface area contributed by atoms with Gasteiger partial charge < -0.3 is 11.1 Å². The molecule has 0 aliphatic carbocycles. The normalized spacial score (nSPS) is 20.6. The smallest absolute Gasteiger partial charge is 0.223 e. The van der Waals surface area contributed by atoms with Crippen LogP contribution in [-0.2, 0) is 11.3 Å². The largest absolute Gasteiger partial charge is 0.396 e. The fraction of sp³-hybridized carbons (Fsp3) is 0.600. The van der Waals surface area contributed by atoms with Crippen LogP contribution in [0.15, 0.2) is 6.20 Å². The molecule has 1 unspecified atom stereocenters. The van der Waals surface area contributed by atoms with Crippen molar-refractivity contribution < 1.29 is 4.79 Å². The second kappa shape index (κ2) is 3.92. The number of rotatable bonds is 3. The highest BCUT2D eigenvalue weighted by Crippen LogP contribution is 2.15. The van der Waals surface area contributed by atoms with E-state index in [4.69, 9.17) is 5.73 Å². The number of carbonyl (C=O) groups is 1. The molecule has 0 radical (unpaired) electrons. The van der Waals surface area contributed by atoms with E-state index in [2.05, 4.69) is 10.4 Å². The first-order chi connectivity index (χ1) is 7.16. The van der Waals surface area contributed by atoms with Crippen molar-refractivity contribution in [3.63, 3.8) is 0 Å². The van der Waals surface area contributed by atoms with Crippen LogP contribution in [0.5, 0.6) is 0 Å². The molecular formula is C10H16N4O. The summed E-state index contributed by atoms with van der Waals surface area (Å²) < 4.78 is 1.82. The van der Waals surface area contributed by atoms with Crippen LogP contribution < -0.4 is 11.1 Å². The van der Waals surface area contributed by atoms with E-state index < -0.39 is 0 Å². The number of hydrogen-bond acceptors (Lipinski definition) is 3. The van der Waals surface area contributed by atoms with Gasteiger partial charge in [0.25, 0.3) is 0 Å². The van der Waals surface area contributed by atoms with Crippen LogP contribution in [0.4, 0.5) is 5.69 Å². The van der Waals surface area contributed by atoms with E-state index in [9.17, 15) is 4.79 Å². The van der Waals surface area contributed by atoms with E-state index in [0.717, 1.165) is 31.6 Å². The minimum atomic E-state index is 0.149. The van der Waals surface area contributed by atoms with E-state index in [-0.39, 0.29) is 11.8 Å². The fourth-order valence-electron chi connectivity index (χ4n) is 1.86. The quantitative estimate of drug-likeness (QED) is 0.750. The second-order valence-corrected chi connectivity index (χ2v) is 4.00. The van der Waals surface area contributed by atoms with E-state index in [0.29, 0.717) is 5.69 Å². The van der Waals surface area contributed by atoms with Crippen LogP contribution in [0, 0.1) is 12.8 Å². The molecule has 1 fully saturated rings. The van der Waals surface area contributed by atoms with Crippen LogP contribution in [-0.4, -0.2) is 22.2 Å². The number of aryl methyl sites for hydroxylation is 2. The van der Waals surface area contributed by atoms with Gasteiger partial charge >= 0.3 is 0 Å². The van der Waals surface area contributed by atoms with Gasteiger partial charge in [-0.25, -0.2) is 0 Å². The van der Waals surface area contributed by atoms with E-state index in [1.807, 2.05) is 17.8 Å². The van der Waals surface area contributed by atoms with Crippen LogP contribution >= 0.6 is 0 Å². The third kappa shape index (κ3) is 2.11. The van der Waals surface area contributed by atoms with Crippen molar-refractivity contribution in [2.45, 2.75) is 26.3 Å². The van der Waals surface area contributed by atoms with E-state index in [1.54, 1.807) is 0 Å². The third-order valence-corrected chi connectivity index (χ3v) is 2.85. The van der Waals surface area contributed by atoms with Crippen LogP contribution in [0.2, 0.25) is 0 Å². The minimum absolute atomic E-state index is 0.149. The van der Waals surface area contributed by atoms with Gasteiger partial charge in [-0.3, -0.25) is 9.48 Å². The molecule has 2 heterocycles. The Hall–Kier alpha value is -1.52. The first-order valence-corrected chi connectivity index (χ1v) is 5.24. The molecule has 1 amide bonds. The molecule has 5 nitrogen and oxygen atoms in total. The number of nitrogens with zero attached hydrogens (tertiary/aromatic N) is 2. The summed E-state index contributed by atoms with van der Waals surface area (Å²) in [6.07, 6.45) is 3.60. The highest BCUT2D eigenvalue weighted by Gasteiger charge is 2.23. The highest BCUT2D eigenvalue weighted by molar-refractivity contribution is 5.80. The van der Waals surface area contributed by atoms with Gasteiger partial charge in [0.15, 0.2) is 0 Å². The maximum absolute atomic E-state index is 11.3. The fourth-order valence-corrected chi connectivity index (χ4v) is 1.86. The molecule has 15 heavy (non-hydrogen) atoms. The third-order valence-electron chi connectivity index (χ3n) is 2.85. The average Bonchev–Trinajstić information content (AvgIpc) is 2.72. The van der Waals surface area contributed by atoms with Crippen molar-refractivity contribution >= 4 is 11.6 Å². The van der Waals surface area contributed by atoms with Crippen molar-refractivity contribution in [2.75, 3.05) is 12.3 Å². The zero-order valence-corrected chi connectivity index (χ0v) is 8.86. The predicted molar refractivity (Wildman–Crippen MR) is 57.1 cm³/mol. The maximum atomic E-state index is 11.3. The highest BCUT2D eigenvalue weighted by atomic mass is 16.2. The summed E-state index contributed by atoms with van der Waals surface area (Å²) in [4.78, 5) is 11.3. The average molecular weight is 208 g/mol. The first-order valence-electron chi connectivity index (χ1n) is 5.24. The van der Waals surface area contributed by atoms with Gasteiger partial charge in [0.1, 0.15) is 0 Å². The summed E-state index contributed by atoms with van der Waals surface area (Å²) in [7, 11) is 0. The topological polar surface area (TPSA) is 72.9 Å². The van der Waals surface area contributed by atoms with Gasteiger partial charge in [0, 0.05) is 25.2 Å². The van der Waals surface area contributed by atoms with Gasteiger partial charge in [-0.1, -0.05) is 0 Å². The SMILES string of the molecule is Cc1nn(CCC2CCNC2=O)cc1N. The Morgan fingerprint density at radius 1 is 1.73 bits per heavy atom. The predicted octanol–water partition coefficient (Wildman–Crippen LogP) is 0.300. The summed E-state index contributed by atoms with van der Waals surface area (Å²) in [6, 6.07) is 0. The van der Waals surface area contributed by atoms with Crippen molar-refractivity contribution in [3.8, 4) is 0 Å². The minimum Gasteiger partial charge on any atom is -0.396 e. The summed E-state index contributed by atoms with van der Waals surface area (Å²) in [5.74, 6) is 0.322. The number of nitrogens with one attached hydrogen (secondary N) is 1. The maximum Gasteiger partial charge on any atom is 0.223 e. The van der Waals surface area contributed by atoms with Gasteiger partial charge in [0.05, 0.1) is 11.4 Å². The molecule has 1 atom stereocenters. The van der Waals surface area contributed by atoms with Gasteiger partial charge in [-0.15, -0.1) is 0 Å². The molecule has 0 saturated carbocycles. The summed E-state index contributed by atoms with van der Waals surface area (Å²) in [5, 5.41) is 7.09. The number of amides is 1. The molecule has 1 aliphatic rings. The zero-order valence-electron chi connectivity index (χ0n) is 8.86. The summed E-state index contributed by atoms with van der Waals surface area (Å²) >= 11 is 0. The van der Waals surface area contributed by atoms with Crippen LogP contribution in [0.25, 0.3) is 0 Å². The monoisotopic (exact) mass is 208 g/mol. The molecule has 2 rings (SSSR count). The molecular weight excluding hydrogens is 192 g/mol. The first kappa shape index (κ1) is 10.0. The molecule has 3 N–H and O–H groups in total. The van der Waals surface area contributed by atoms with Gasteiger partial charge in [-0.05, 0) is 19.8 Å². The Labute approximate surface area is 88.6 Å². The lowest BCUT2D eigenvalue weighted by Crippen LogP contribution is -2.20. The Kier molecular flexibility index (Phi) is 2.62. The van der Waals surface area contributed by atoms with E-state index >= 15 is 0 Å². The Balaban J connectivity index is 1.90. The van der Waals surface area contributed by atoms with Crippen molar-refractivity contribution in [1.82, 2.24) is 15.1 Å². The number of nitrogens with two attached hydrogens (primary N) is 1. The van der Waals surface area contributed by atoms with Crippen molar-refractivity contribution in [1.29, 1.82) is 0 Å². The number of aromatic nitrogens is 2. The standard InChI is InChI=1S/C10H16N4O/c1-7-9(11)6-14(13-7)5-3-8-2-4-12-10(8)15/h6,8H,2-5,11H2,1H3,(H,12,15). The van der Waals surface area contributed by atoms with Gasteiger partial charge in [0.2, 0.25) is 5.91 Å². The second-order valence-electron chi connectivity index (χ2n) is 4.00. The summed E-state index contributed by atoms with van der Waals surface area (Å²) in [6.45, 7) is 3.45. The summed E-state index contributed by atoms with van der Waals surface area (Å²) in [5.41, 5.74) is 7.26. The molecule has 0 aromatic carbocycles. The zero-order chi connectivity index (χ0) is 10.8. The van der Waals surface area contributed by atoms with Crippen molar-refractivity contribution in [2.24, 2.45) is 5.92 Å². The molecule has 1 saturated heterocycles. The lowest BCUT2D eigenvalue weighted by molar-refractivity contribution is -0.122. The molecule has 1 aliphatic heterocycles. The molecule has 0 bridgehead atoms. The number of hydrogen-bond donors (Lipinski definition) is 2. The lowest BCUT2D eigenvalue weighted by atomic mass is 10.0.